The maximum absolute atomic E-state index is 5.70. The summed E-state index contributed by atoms with van der Waals surface area (Å²) in [4.78, 5) is 4.04. The van der Waals surface area contributed by atoms with E-state index in [1.165, 1.54) is 5.56 Å². The number of rotatable bonds is 3. The third kappa shape index (κ3) is 2.51. The fourth-order valence-electron chi connectivity index (χ4n) is 1.61. The van der Waals surface area contributed by atoms with E-state index in [1.54, 1.807) is 6.20 Å². The fraction of sp³-hybridized carbons (Fsp3) is 0.154. The van der Waals surface area contributed by atoms with Crippen molar-refractivity contribution in [1.29, 1.82) is 0 Å². The molecule has 0 aliphatic rings. The highest BCUT2D eigenvalue weighted by atomic mass is 14.9. The quantitative estimate of drug-likeness (QED) is 0.820. The van der Waals surface area contributed by atoms with Gasteiger partial charge in [-0.3, -0.25) is 0 Å². The SMILES string of the molecule is Nc1cc(CCc2ccccc2)cnc1N. The Labute approximate surface area is 95.1 Å². The third-order valence-corrected chi connectivity index (χ3v) is 2.55. The van der Waals surface area contributed by atoms with E-state index in [4.69, 9.17) is 11.5 Å². The molecule has 4 N–H and O–H groups in total. The highest BCUT2D eigenvalue weighted by molar-refractivity contribution is 5.58. The number of anilines is 2. The van der Waals surface area contributed by atoms with Gasteiger partial charge in [-0.15, -0.1) is 0 Å². The summed E-state index contributed by atoms with van der Waals surface area (Å²) in [5, 5.41) is 0. The van der Waals surface area contributed by atoms with Crippen LogP contribution in [0.3, 0.4) is 0 Å². The van der Waals surface area contributed by atoms with Gasteiger partial charge in [0.05, 0.1) is 5.69 Å². The Morgan fingerprint density at radius 3 is 2.31 bits per heavy atom. The number of hydrogen-bond acceptors (Lipinski definition) is 3. The van der Waals surface area contributed by atoms with Crippen molar-refractivity contribution in [2.45, 2.75) is 12.8 Å². The van der Waals surface area contributed by atoms with Gasteiger partial charge in [-0.2, -0.15) is 0 Å². The van der Waals surface area contributed by atoms with Gasteiger partial charge in [0.15, 0.2) is 0 Å². The van der Waals surface area contributed by atoms with Gasteiger partial charge in [0.2, 0.25) is 0 Å². The third-order valence-electron chi connectivity index (χ3n) is 2.55. The average molecular weight is 213 g/mol. The van der Waals surface area contributed by atoms with Crippen LogP contribution in [0.5, 0.6) is 0 Å². The highest BCUT2D eigenvalue weighted by Crippen LogP contribution is 2.14. The van der Waals surface area contributed by atoms with Crippen LogP contribution in [0.25, 0.3) is 0 Å². The zero-order valence-electron chi connectivity index (χ0n) is 9.06. The second-order valence-electron chi connectivity index (χ2n) is 3.80. The maximum Gasteiger partial charge on any atom is 0.146 e. The molecule has 1 aromatic heterocycles. The Morgan fingerprint density at radius 1 is 0.938 bits per heavy atom. The minimum atomic E-state index is 0.406. The first-order chi connectivity index (χ1) is 7.75. The molecule has 3 heteroatoms. The minimum Gasteiger partial charge on any atom is -0.396 e. The summed E-state index contributed by atoms with van der Waals surface area (Å²) in [6.45, 7) is 0. The molecule has 16 heavy (non-hydrogen) atoms. The van der Waals surface area contributed by atoms with Crippen LogP contribution >= 0.6 is 0 Å². The molecule has 0 aliphatic heterocycles. The lowest BCUT2D eigenvalue weighted by Gasteiger charge is -2.04. The fourth-order valence-corrected chi connectivity index (χ4v) is 1.61. The van der Waals surface area contributed by atoms with Crippen molar-refractivity contribution >= 4 is 11.5 Å². The first-order valence-electron chi connectivity index (χ1n) is 5.29. The lowest BCUT2D eigenvalue weighted by Crippen LogP contribution is -2.00. The molecular weight excluding hydrogens is 198 g/mol. The van der Waals surface area contributed by atoms with Crippen LogP contribution in [-0.2, 0) is 12.8 Å². The van der Waals surface area contributed by atoms with Crippen LogP contribution in [0, 0.1) is 0 Å². The van der Waals surface area contributed by atoms with Gasteiger partial charge < -0.3 is 11.5 Å². The zero-order valence-corrected chi connectivity index (χ0v) is 9.06. The summed E-state index contributed by atoms with van der Waals surface area (Å²) in [7, 11) is 0. The molecule has 0 unspecified atom stereocenters. The van der Waals surface area contributed by atoms with Crippen molar-refractivity contribution in [1.82, 2.24) is 4.98 Å². The number of nitrogens with two attached hydrogens (primary N) is 2. The largest absolute Gasteiger partial charge is 0.396 e. The Bertz CT molecular complexity index is 466. The molecule has 3 nitrogen and oxygen atoms in total. The standard InChI is InChI=1S/C13H15N3/c14-12-8-11(9-16-13(12)15)7-6-10-4-2-1-3-5-10/h1-5,8-9H,6-7,14H2,(H2,15,16). The van der Waals surface area contributed by atoms with Gasteiger partial charge >= 0.3 is 0 Å². The van der Waals surface area contributed by atoms with Crippen molar-refractivity contribution in [2.75, 3.05) is 11.5 Å². The molecule has 0 radical (unpaired) electrons. The van der Waals surface area contributed by atoms with Gasteiger partial charge in [0.1, 0.15) is 5.82 Å². The normalized spacial score (nSPS) is 10.2. The second kappa shape index (κ2) is 4.66. The molecule has 0 amide bonds. The van der Waals surface area contributed by atoms with Crippen LogP contribution in [0.2, 0.25) is 0 Å². The van der Waals surface area contributed by atoms with Crippen LogP contribution < -0.4 is 11.5 Å². The van der Waals surface area contributed by atoms with E-state index < -0.39 is 0 Å². The first-order valence-corrected chi connectivity index (χ1v) is 5.29. The van der Waals surface area contributed by atoms with Gasteiger partial charge in [0.25, 0.3) is 0 Å². The number of nitrogens with zero attached hydrogens (tertiary/aromatic N) is 1. The van der Waals surface area contributed by atoms with Gasteiger partial charge in [-0.05, 0) is 30.0 Å². The monoisotopic (exact) mass is 213 g/mol. The molecule has 2 aromatic rings. The molecule has 82 valence electrons. The second-order valence-corrected chi connectivity index (χ2v) is 3.80. The molecule has 2 rings (SSSR count). The zero-order chi connectivity index (χ0) is 11.4. The van der Waals surface area contributed by atoms with Crippen LogP contribution in [0.15, 0.2) is 42.6 Å². The topological polar surface area (TPSA) is 64.9 Å². The number of nitrogen functional groups attached to an aromatic ring is 2. The van der Waals surface area contributed by atoms with E-state index in [9.17, 15) is 0 Å². The summed E-state index contributed by atoms with van der Waals surface area (Å²) in [5.74, 6) is 0.406. The number of pyridine rings is 1. The van der Waals surface area contributed by atoms with E-state index in [2.05, 4.69) is 17.1 Å². The molecule has 1 heterocycles. The maximum atomic E-state index is 5.70. The predicted octanol–water partition coefficient (Wildman–Crippen LogP) is 2.03. The Morgan fingerprint density at radius 2 is 1.62 bits per heavy atom. The molecule has 0 saturated carbocycles. The summed E-state index contributed by atoms with van der Waals surface area (Å²) >= 11 is 0. The summed E-state index contributed by atoms with van der Waals surface area (Å²) in [6.07, 6.45) is 3.71. The van der Waals surface area contributed by atoms with E-state index in [0.717, 1.165) is 18.4 Å². The lowest BCUT2D eigenvalue weighted by atomic mass is 10.1. The summed E-state index contributed by atoms with van der Waals surface area (Å²) in [5.41, 5.74) is 14.3. The molecule has 1 aromatic carbocycles. The van der Waals surface area contributed by atoms with Crippen molar-refractivity contribution in [2.24, 2.45) is 0 Å². The summed E-state index contributed by atoms with van der Waals surface area (Å²) < 4.78 is 0. The van der Waals surface area contributed by atoms with Gasteiger partial charge in [-0.1, -0.05) is 30.3 Å². The van der Waals surface area contributed by atoms with Crippen molar-refractivity contribution in [3.63, 3.8) is 0 Å². The van der Waals surface area contributed by atoms with E-state index in [0.29, 0.717) is 11.5 Å². The molecule has 0 saturated heterocycles. The molecule has 0 spiro atoms. The van der Waals surface area contributed by atoms with Gasteiger partial charge in [0, 0.05) is 6.20 Å². The predicted molar refractivity (Wildman–Crippen MR) is 66.9 cm³/mol. The summed E-state index contributed by atoms with van der Waals surface area (Å²) in [6, 6.07) is 12.2. The van der Waals surface area contributed by atoms with Crippen molar-refractivity contribution in [3.05, 3.63) is 53.7 Å². The smallest absolute Gasteiger partial charge is 0.146 e. The van der Waals surface area contributed by atoms with Crippen LogP contribution in [0.4, 0.5) is 11.5 Å². The van der Waals surface area contributed by atoms with E-state index >= 15 is 0 Å². The molecule has 0 aliphatic carbocycles. The van der Waals surface area contributed by atoms with Gasteiger partial charge in [-0.25, -0.2) is 4.98 Å². The molecular formula is C13H15N3. The Balaban J connectivity index is 2.03. The lowest BCUT2D eigenvalue weighted by molar-refractivity contribution is 0.952. The van der Waals surface area contributed by atoms with Crippen LogP contribution in [0.1, 0.15) is 11.1 Å². The van der Waals surface area contributed by atoms with Crippen molar-refractivity contribution in [3.8, 4) is 0 Å². The van der Waals surface area contributed by atoms with E-state index in [-0.39, 0.29) is 0 Å². The number of aromatic nitrogens is 1. The molecule has 0 atom stereocenters. The number of aryl methyl sites for hydroxylation is 2. The Hall–Kier alpha value is -2.03. The molecule has 0 bridgehead atoms. The highest BCUT2D eigenvalue weighted by Gasteiger charge is 1.99. The minimum absolute atomic E-state index is 0.406. The number of benzene rings is 1. The first kappa shape index (κ1) is 10.5. The van der Waals surface area contributed by atoms with Crippen molar-refractivity contribution < 1.29 is 0 Å². The average Bonchev–Trinajstić information content (AvgIpc) is 2.32. The molecule has 0 fully saturated rings. The Kier molecular flexibility index (Phi) is 3.05. The van der Waals surface area contributed by atoms with Crippen LogP contribution in [-0.4, -0.2) is 4.98 Å². The van der Waals surface area contributed by atoms with E-state index in [1.807, 2.05) is 24.3 Å². The number of hydrogen-bond donors (Lipinski definition) is 2.